The molecule has 0 amide bonds. The summed E-state index contributed by atoms with van der Waals surface area (Å²) in [5.41, 5.74) is 2.53. The molecule has 0 fully saturated rings. The number of hydrogen-bond acceptors (Lipinski definition) is 2. The molecule has 1 atom stereocenters. The molecule has 18 heavy (non-hydrogen) atoms. The number of carbonyl (C=O) groups excluding carboxylic acids is 1. The quantitative estimate of drug-likeness (QED) is 0.732. The first-order valence-electron chi connectivity index (χ1n) is 7.15. The third-order valence-corrected chi connectivity index (χ3v) is 3.72. The molecule has 1 unspecified atom stereocenters. The van der Waals surface area contributed by atoms with Gasteiger partial charge in [-0.15, -0.1) is 0 Å². The number of unbranched alkanes of at least 4 members (excludes halogenated alkanes) is 3. The third-order valence-electron chi connectivity index (χ3n) is 3.72. The minimum absolute atomic E-state index is 0.389. The fourth-order valence-electron chi connectivity index (χ4n) is 2.67. The van der Waals surface area contributed by atoms with Crippen LogP contribution in [0.25, 0.3) is 0 Å². The number of anilines is 1. The maximum atomic E-state index is 11.9. The summed E-state index contributed by atoms with van der Waals surface area (Å²) in [6.07, 6.45) is 6.21. The lowest BCUT2D eigenvalue weighted by atomic mass is 9.94. The van der Waals surface area contributed by atoms with E-state index in [1.807, 2.05) is 6.07 Å². The monoisotopic (exact) mass is 245 g/mol. The highest BCUT2D eigenvalue weighted by Gasteiger charge is 2.23. The Balaban J connectivity index is 1.79. The summed E-state index contributed by atoms with van der Waals surface area (Å²) in [5.74, 6) is 0.814. The molecular weight excluding hydrogens is 222 g/mol. The van der Waals surface area contributed by atoms with Crippen molar-refractivity contribution in [1.82, 2.24) is 0 Å². The number of ketones is 1. The topological polar surface area (TPSA) is 29.1 Å². The van der Waals surface area contributed by atoms with Gasteiger partial charge in [0.05, 0.1) is 0 Å². The van der Waals surface area contributed by atoms with Crippen molar-refractivity contribution < 1.29 is 4.79 Å². The van der Waals surface area contributed by atoms with Crippen LogP contribution < -0.4 is 5.32 Å². The molecule has 2 heteroatoms. The third kappa shape index (κ3) is 3.34. The van der Waals surface area contributed by atoms with E-state index in [4.69, 9.17) is 0 Å². The Morgan fingerprint density at radius 1 is 1.28 bits per heavy atom. The average Bonchev–Trinajstić information content (AvgIpc) is 2.78. The van der Waals surface area contributed by atoms with Crippen LogP contribution in [0.4, 0.5) is 5.69 Å². The molecule has 1 aliphatic heterocycles. The summed E-state index contributed by atoms with van der Waals surface area (Å²) in [4.78, 5) is 11.9. The summed E-state index contributed by atoms with van der Waals surface area (Å²) in [6.45, 7) is 3.11. The molecule has 1 aromatic carbocycles. The molecule has 1 heterocycles. The zero-order valence-corrected chi connectivity index (χ0v) is 11.2. The minimum Gasteiger partial charge on any atom is -0.384 e. The van der Waals surface area contributed by atoms with Gasteiger partial charge in [0.1, 0.15) is 5.78 Å². The Hall–Kier alpha value is -1.31. The Morgan fingerprint density at radius 2 is 2.11 bits per heavy atom. The SMILES string of the molecule is CCCCCCC(=O)CC1CNc2ccccc21. The van der Waals surface area contributed by atoms with Crippen LogP contribution >= 0.6 is 0 Å². The lowest BCUT2D eigenvalue weighted by Crippen LogP contribution is -2.09. The van der Waals surface area contributed by atoms with Gasteiger partial charge in [0.25, 0.3) is 0 Å². The van der Waals surface area contributed by atoms with E-state index >= 15 is 0 Å². The van der Waals surface area contributed by atoms with Crippen molar-refractivity contribution in [3.05, 3.63) is 29.8 Å². The summed E-state index contributed by atoms with van der Waals surface area (Å²) in [6, 6.07) is 8.34. The van der Waals surface area contributed by atoms with Crippen molar-refractivity contribution in [2.45, 2.75) is 51.4 Å². The molecule has 1 N–H and O–H groups in total. The summed E-state index contributed by atoms with van der Waals surface area (Å²) >= 11 is 0. The van der Waals surface area contributed by atoms with Crippen LogP contribution in [0.15, 0.2) is 24.3 Å². The number of carbonyl (C=O) groups is 1. The number of fused-ring (bicyclic) bond motifs is 1. The van der Waals surface area contributed by atoms with Gasteiger partial charge in [-0.25, -0.2) is 0 Å². The zero-order chi connectivity index (χ0) is 12.8. The van der Waals surface area contributed by atoms with E-state index in [2.05, 4.69) is 30.4 Å². The second-order valence-corrected chi connectivity index (χ2v) is 5.22. The highest BCUT2D eigenvalue weighted by Crippen LogP contribution is 2.33. The molecule has 0 aliphatic carbocycles. The first-order valence-corrected chi connectivity index (χ1v) is 7.15. The largest absolute Gasteiger partial charge is 0.384 e. The Bertz CT molecular complexity index is 400. The molecule has 0 spiro atoms. The van der Waals surface area contributed by atoms with E-state index in [9.17, 15) is 4.79 Å². The van der Waals surface area contributed by atoms with Gasteiger partial charge in [-0.2, -0.15) is 0 Å². The van der Waals surface area contributed by atoms with Crippen LogP contribution in [-0.2, 0) is 4.79 Å². The molecule has 1 aliphatic rings. The minimum atomic E-state index is 0.389. The van der Waals surface area contributed by atoms with Crippen LogP contribution in [0, 0.1) is 0 Å². The molecule has 2 rings (SSSR count). The average molecular weight is 245 g/mol. The number of para-hydroxylation sites is 1. The standard InChI is InChI=1S/C16H23NO/c1-2-3-4-5-8-14(18)11-13-12-17-16-10-7-6-9-15(13)16/h6-7,9-10,13,17H,2-5,8,11-12H2,1H3. The Morgan fingerprint density at radius 3 is 2.94 bits per heavy atom. The van der Waals surface area contributed by atoms with Gasteiger partial charge in [-0.05, 0) is 18.1 Å². The zero-order valence-electron chi connectivity index (χ0n) is 11.2. The van der Waals surface area contributed by atoms with Crippen molar-refractivity contribution in [1.29, 1.82) is 0 Å². The first-order chi connectivity index (χ1) is 8.81. The molecular formula is C16H23NO. The van der Waals surface area contributed by atoms with Gasteiger partial charge >= 0.3 is 0 Å². The molecule has 1 aromatic rings. The highest BCUT2D eigenvalue weighted by molar-refractivity contribution is 5.80. The van der Waals surface area contributed by atoms with E-state index in [1.165, 1.54) is 30.5 Å². The second kappa shape index (κ2) is 6.58. The van der Waals surface area contributed by atoms with Gasteiger partial charge in [-0.1, -0.05) is 44.4 Å². The number of Topliss-reactive ketones (excluding diaryl/α,β-unsaturated/α-hetero) is 1. The van der Waals surface area contributed by atoms with E-state index in [0.29, 0.717) is 18.1 Å². The molecule has 0 saturated carbocycles. The lowest BCUT2D eigenvalue weighted by Gasteiger charge is -2.09. The smallest absolute Gasteiger partial charge is 0.133 e. The van der Waals surface area contributed by atoms with E-state index in [0.717, 1.165) is 19.4 Å². The van der Waals surface area contributed by atoms with Crippen molar-refractivity contribution in [3.8, 4) is 0 Å². The van der Waals surface area contributed by atoms with Crippen molar-refractivity contribution in [3.63, 3.8) is 0 Å². The van der Waals surface area contributed by atoms with Crippen LogP contribution in [0.2, 0.25) is 0 Å². The maximum absolute atomic E-state index is 11.9. The van der Waals surface area contributed by atoms with Crippen molar-refractivity contribution in [2.75, 3.05) is 11.9 Å². The van der Waals surface area contributed by atoms with Gasteiger partial charge < -0.3 is 5.32 Å². The Labute approximate surface area is 110 Å². The fraction of sp³-hybridized carbons (Fsp3) is 0.562. The summed E-state index contributed by atoms with van der Waals surface area (Å²) in [7, 11) is 0. The number of rotatable bonds is 7. The lowest BCUT2D eigenvalue weighted by molar-refractivity contribution is -0.119. The molecule has 0 saturated heterocycles. The van der Waals surface area contributed by atoms with E-state index in [1.54, 1.807) is 0 Å². The van der Waals surface area contributed by atoms with E-state index < -0.39 is 0 Å². The van der Waals surface area contributed by atoms with E-state index in [-0.39, 0.29) is 0 Å². The van der Waals surface area contributed by atoms with Crippen LogP contribution in [0.5, 0.6) is 0 Å². The molecule has 2 nitrogen and oxygen atoms in total. The molecule has 0 bridgehead atoms. The van der Waals surface area contributed by atoms with Crippen molar-refractivity contribution in [2.24, 2.45) is 0 Å². The predicted octanol–water partition coefficient (Wildman–Crippen LogP) is 4.13. The second-order valence-electron chi connectivity index (χ2n) is 5.22. The number of hydrogen-bond donors (Lipinski definition) is 1. The summed E-state index contributed by atoms with van der Waals surface area (Å²) in [5, 5.41) is 3.38. The normalized spacial score (nSPS) is 17.3. The summed E-state index contributed by atoms with van der Waals surface area (Å²) < 4.78 is 0. The molecule has 98 valence electrons. The van der Waals surface area contributed by atoms with Crippen LogP contribution in [0.1, 0.15) is 56.9 Å². The number of benzene rings is 1. The number of nitrogens with one attached hydrogen (secondary N) is 1. The van der Waals surface area contributed by atoms with Gasteiger partial charge in [0.2, 0.25) is 0 Å². The van der Waals surface area contributed by atoms with Crippen LogP contribution in [0.3, 0.4) is 0 Å². The van der Waals surface area contributed by atoms with Gasteiger partial charge in [-0.3, -0.25) is 4.79 Å². The van der Waals surface area contributed by atoms with Gasteiger partial charge in [0.15, 0.2) is 0 Å². The highest BCUT2D eigenvalue weighted by atomic mass is 16.1. The van der Waals surface area contributed by atoms with Gasteiger partial charge in [0, 0.05) is 31.0 Å². The molecule has 0 radical (unpaired) electrons. The van der Waals surface area contributed by atoms with Crippen molar-refractivity contribution >= 4 is 11.5 Å². The maximum Gasteiger partial charge on any atom is 0.133 e. The Kier molecular flexibility index (Phi) is 4.80. The predicted molar refractivity (Wildman–Crippen MR) is 76.1 cm³/mol. The van der Waals surface area contributed by atoms with Crippen LogP contribution in [-0.4, -0.2) is 12.3 Å². The molecule has 0 aromatic heterocycles. The first kappa shape index (κ1) is 13.1. The fourth-order valence-corrected chi connectivity index (χ4v) is 2.67.